The zero-order valence-corrected chi connectivity index (χ0v) is 20.5. The van der Waals surface area contributed by atoms with Gasteiger partial charge in [0.2, 0.25) is 11.9 Å². The smallest absolute Gasteiger partial charge is 0.256 e. The first-order valence-electron chi connectivity index (χ1n) is 11.6. The largest absolute Gasteiger partial charge is 0.493 e. The molecule has 3 heterocycles. The Morgan fingerprint density at radius 3 is 2.26 bits per heavy atom. The Labute approximate surface area is 203 Å². The summed E-state index contributed by atoms with van der Waals surface area (Å²) in [5.41, 5.74) is 7.38. The quantitative estimate of drug-likeness (QED) is 0.431. The molecule has 1 aliphatic heterocycles. The summed E-state index contributed by atoms with van der Waals surface area (Å²) in [6, 6.07) is 3.59. The Morgan fingerprint density at radius 1 is 0.971 bits per heavy atom. The molecule has 0 atom stereocenters. The van der Waals surface area contributed by atoms with Crippen molar-refractivity contribution in [2.45, 2.75) is 13.8 Å². The van der Waals surface area contributed by atoms with Crippen LogP contribution in [0, 0.1) is 0 Å². The Hall–Kier alpha value is -4.09. The first-order chi connectivity index (χ1) is 17.0. The fraction of sp³-hybridized carbons (Fsp3) is 0.435. The van der Waals surface area contributed by atoms with Gasteiger partial charge < -0.3 is 35.6 Å². The molecule has 1 aromatic carbocycles. The van der Waals surface area contributed by atoms with Gasteiger partial charge in [0.1, 0.15) is 17.2 Å². The van der Waals surface area contributed by atoms with Crippen LogP contribution < -0.4 is 35.6 Å². The van der Waals surface area contributed by atoms with E-state index in [-0.39, 0.29) is 5.91 Å². The van der Waals surface area contributed by atoms with E-state index in [1.807, 2.05) is 13.8 Å². The molecule has 0 bridgehead atoms. The van der Waals surface area contributed by atoms with E-state index in [2.05, 4.69) is 35.4 Å². The lowest BCUT2D eigenvalue weighted by Gasteiger charge is -2.35. The van der Waals surface area contributed by atoms with E-state index in [1.54, 1.807) is 32.5 Å². The summed E-state index contributed by atoms with van der Waals surface area (Å²) in [6.45, 7) is 7.68. The number of nitrogens with one attached hydrogen (secondary N) is 2. The van der Waals surface area contributed by atoms with Crippen LogP contribution in [0.1, 0.15) is 24.2 Å². The van der Waals surface area contributed by atoms with E-state index in [4.69, 9.17) is 20.2 Å². The first kappa shape index (κ1) is 24.0. The van der Waals surface area contributed by atoms with Crippen molar-refractivity contribution in [3.05, 3.63) is 23.9 Å². The van der Waals surface area contributed by atoms with E-state index < -0.39 is 0 Å². The minimum atomic E-state index is -0.194. The monoisotopic (exact) mass is 481 g/mol. The number of carbonyl (C=O) groups is 1. The molecule has 1 fully saturated rings. The highest BCUT2D eigenvalue weighted by atomic mass is 16.5. The van der Waals surface area contributed by atoms with Gasteiger partial charge in [0.05, 0.1) is 19.7 Å². The molecule has 0 unspecified atom stereocenters. The van der Waals surface area contributed by atoms with Gasteiger partial charge in [0.25, 0.3) is 5.91 Å². The molecule has 12 nitrogen and oxygen atoms in total. The van der Waals surface area contributed by atoms with Crippen LogP contribution in [0.2, 0.25) is 0 Å². The van der Waals surface area contributed by atoms with Gasteiger partial charge in [-0.25, -0.2) is 9.97 Å². The molecule has 35 heavy (non-hydrogen) atoms. The molecule has 0 aliphatic carbocycles. The molecule has 2 aromatic heterocycles. The molecule has 3 aromatic rings. The zero-order valence-electron chi connectivity index (χ0n) is 20.5. The maximum absolute atomic E-state index is 12.3. The highest BCUT2D eigenvalue weighted by Crippen LogP contribution is 2.34. The van der Waals surface area contributed by atoms with Crippen molar-refractivity contribution >= 4 is 40.3 Å². The number of anilines is 4. The van der Waals surface area contributed by atoms with Crippen LogP contribution >= 0.6 is 0 Å². The highest BCUT2D eigenvalue weighted by Gasteiger charge is 2.24. The van der Waals surface area contributed by atoms with Crippen molar-refractivity contribution in [2.75, 3.05) is 74.3 Å². The molecule has 0 radical (unpaired) electrons. The van der Waals surface area contributed by atoms with Crippen molar-refractivity contribution in [1.82, 2.24) is 25.3 Å². The summed E-state index contributed by atoms with van der Waals surface area (Å²) >= 11 is 0. The number of nitrogens with two attached hydrogens (primary N) is 1. The van der Waals surface area contributed by atoms with Gasteiger partial charge in [-0.3, -0.25) is 4.79 Å². The van der Waals surface area contributed by atoms with Crippen molar-refractivity contribution in [2.24, 2.45) is 0 Å². The number of aromatic nitrogens is 4. The lowest BCUT2D eigenvalue weighted by molar-refractivity contribution is 0.0956. The summed E-state index contributed by atoms with van der Waals surface area (Å²) in [4.78, 5) is 34.8. The minimum Gasteiger partial charge on any atom is -0.493 e. The molecule has 4 N–H and O–H groups in total. The normalized spacial score (nSPS) is 13.6. The molecule has 0 spiro atoms. The number of nitrogens with zero attached hydrogens (tertiary/aromatic N) is 6. The molecule has 1 amide bonds. The fourth-order valence-corrected chi connectivity index (χ4v) is 3.96. The molecule has 12 heteroatoms. The van der Waals surface area contributed by atoms with Gasteiger partial charge in [0.15, 0.2) is 11.5 Å². The average molecular weight is 482 g/mol. The minimum absolute atomic E-state index is 0.194. The maximum Gasteiger partial charge on any atom is 0.256 e. The number of hydrogen-bond acceptors (Lipinski definition) is 11. The highest BCUT2D eigenvalue weighted by molar-refractivity contribution is 5.98. The van der Waals surface area contributed by atoms with Crippen LogP contribution in [0.25, 0.3) is 10.9 Å². The summed E-state index contributed by atoms with van der Waals surface area (Å²) in [5, 5.41) is 6.67. The summed E-state index contributed by atoms with van der Waals surface area (Å²) < 4.78 is 10.8. The van der Waals surface area contributed by atoms with Crippen LogP contribution in [0.15, 0.2) is 18.3 Å². The third-order valence-electron chi connectivity index (χ3n) is 5.77. The summed E-state index contributed by atoms with van der Waals surface area (Å²) in [7, 11) is 3.16. The van der Waals surface area contributed by atoms with Crippen LogP contribution in [0.5, 0.6) is 11.5 Å². The van der Waals surface area contributed by atoms with Crippen LogP contribution in [-0.4, -0.2) is 79.3 Å². The van der Waals surface area contributed by atoms with Crippen molar-refractivity contribution < 1.29 is 14.3 Å². The Bertz CT molecular complexity index is 1210. The molecular weight excluding hydrogens is 450 g/mol. The number of carbonyl (C=O) groups excluding carboxylic acids is 1. The topological polar surface area (TPSA) is 144 Å². The standard InChI is InChI=1S/C23H31N9O3/c1-5-25-20-15(21(33)26-6-2)13-27-22(30-20)31-7-9-32(10-8-31)23-28-16-12-18(35-4)17(34-3)11-14(16)19(24)29-23/h11-13H,5-10H2,1-4H3,(H,26,33)(H2,24,28,29)(H,25,27,30). The second-order valence-corrected chi connectivity index (χ2v) is 7.93. The van der Waals surface area contributed by atoms with Crippen LogP contribution in [0.4, 0.5) is 23.5 Å². The SMILES string of the molecule is CCNC(=O)c1cnc(N2CCN(c3nc(N)c4cc(OC)c(OC)cc4n3)CC2)nc1NCC. The first-order valence-corrected chi connectivity index (χ1v) is 11.6. The van der Waals surface area contributed by atoms with E-state index in [9.17, 15) is 4.79 Å². The van der Waals surface area contributed by atoms with Gasteiger partial charge >= 0.3 is 0 Å². The Balaban J connectivity index is 1.52. The second-order valence-electron chi connectivity index (χ2n) is 7.93. The number of benzene rings is 1. The lowest BCUT2D eigenvalue weighted by Crippen LogP contribution is -2.47. The predicted molar refractivity (Wildman–Crippen MR) is 136 cm³/mol. The second kappa shape index (κ2) is 10.5. The van der Waals surface area contributed by atoms with Gasteiger partial charge in [-0.15, -0.1) is 0 Å². The van der Waals surface area contributed by atoms with Gasteiger partial charge in [0, 0.05) is 56.9 Å². The maximum atomic E-state index is 12.3. The van der Waals surface area contributed by atoms with Crippen LogP contribution in [0.3, 0.4) is 0 Å². The van der Waals surface area contributed by atoms with E-state index in [0.29, 0.717) is 90.8 Å². The molecule has 186 valence electrons. The van der Waals surface area contributed by atoms with Crippen LogP contribution in [-0.2, 0) is 0 Å². The number of nitrogen functional groups attached to an aromatic ring is 1. The molecule has 1 aliphatic rings. The average Bonchev–Trinajstić information content (AvgIpc) is 2.88. The number of amides is 1. The van der Waals surface area contributed by atoms with Gasteiger partial charge in [-0.1, -0.05) is 0 Å². The van der Waals surface area contributed by atoms with Crippen molar-refractivity contribution in [3.63, 3.8) is 0 Å². The van der Waals surface area contributed by atoms with E-state index in [1.165, 1.54) is 0 Å². The molecule has 4 rings (SSSR count). The number of piperazine rings is 1. The molecule has 1 saturated heterocycles. The summed E-state index contributed by atoms with van der Waals surface area (Å²) in [5.74, 6) is 3.01. The van der Waals surface area contributed by atoms with E-state index >= 15 is 0 Å². The number of methoxy groups -OCH3 is 2. The van der Waals surface area contributed by atoms with Gasteiger partial charge in [-0.2, -0.15) is 9.97 Å². The Morgan fingerprint density at radius 2 is 1.63 bits per heavy atom. The number of fused-ring (bicyclic) bond motifs is 1. The van der Waals surface area contributed by atoms with Crippen molar-refractivity contribution in [3.8, 4) is 11.5 Å². The van der Waals surface area contributed by atoms with Gasteiger partial charge in [-0.05, 0) is 19.9 Å². The number of hydrogen-bond donors (Lipinski definition) is 3. The molecule has 0 saturated carbocycles. The lowest BCUT2D eigenvalue weighted by atomic mass is 10.2. The number of ether oxygens (including phenoxy) is 2. The third kappa shape index (κ3) is 4.91. The molecular formula is C23H31N9O3. The van der Waals surface area contributed by atoms with E-state index in [0.717, 1.165) is 0 Å². The number of rotatable bonds is 8. The zero-order chi connectivity index (χ0) is 24.9. The summed E-state index contributed by atoms with van der Waals surface area (Å²) in [6.07, 6.45) is 1.58. The van der Waals surface area contributed by atoms with Crippen molar-refractivity contribution in [1.29, 1.82) is 0 Å². The fourth-order valence-electron chi connectivity index (χ4n) is 3.96. The Kier molecular flexibility index (Phi) is 7.18. The third-order valence-corrected chi connectivity index (χ3v) is 5.77. The predicted octanol–water partition coefficient (Wildman–Crippen LogP) is 1.53.